The van der Waals surface area contributed by atoms with Crippen LogP contribution in [0, 0.1) is 11.8 Å². The van der Waals surface area contributed by atoms with Gasteiger partial charge in [0.25, 0.3) is 0 Å². The molecule has 0 aliphatic heterocycles. The van der Waals surface area contributed by atoms with Crippen LogP contribution in [-0.2, 0) is 4.79 Å². The first-order valence-corrected chi connectivity index (χ1v) is 4.54. The van der Waals surface area contributed by atoms with Crippen LogP contribution < -0.4 is 5.73 Å². The first-order valence-electron chi connectivity index (χ1n) is 4.54. The minimum absolute atomic E-state index is 0.256. The van der Waals surface area contributed by atoms with Crippen LogP contribution in [0.25, 0.3) is 0 Å². The van der Waals surface area contributed by atoms with Crippen molar-refractivity contribution in [1.29, 1.82) is 0 Å². The van der Waals surface area contributed by atoms with E-state index in [1.54, 1.807) is 0 Å². The second-order valence-corrected chi connectivity index (χ2v) is 3.36. The summed E-state index contributed by atoms with van der Waals surface area (Å²) in [5.74, 6) is -0.502. The Bertz CT molecular complexity index is 136. The molecule has 12 heavy (non-hydrogen) atoms. The van der Waals surface area contributed by atoms with Crippen LogP contribution in [0.5, 0.6) is 0 Å². The van der Waals surface area contributed by atoms with Gasteiger partial charge in [-0.2, -0.15) is 0 Å². The summed E-state index contributed by atoms with van der Waals surface area (Å²) in [6.45, 7) is 4.50. The summed E-state index contributed by atoms with van der Waals surface area (Å²) in [7, 11) is 0. The molecule has 3 N–H and O–H groups in total. The summed E-state index contributed by atoms with van der Waals surface area (Å²) in [5.41, 5.74) is 5.32. The van der Waals surface area contributed by atoms with Gasteiger partial charge in [-0.1, -0.05) is 20.3 Å². The Balaban J connectivity index is 3.65. The molecule has 0 saturated heterocycles. The lowest BCUT2D eigenvalue weighted by molar-refractivity contribution is -0.141. The van der Waals surface area contributed by atoms with Crippen molar-refractivity contribution in [2.75, 3.05) is 6.54 Å². The zero-order valence-electron chi connectivity index (χ0n) is 7.92. The lowest BCUT2D eigenvalue weighted by atomic mass is 9.95. The smallest absolute Gasteiger partial charge is 0.307 e. The topological polar surface area (TPSA) is 63.3 Å². The molecule has 0 amide bonds. The Kier molecular flexibility index (Phi) is 5.72. The summed E-state index contributed by atoms with van der Waals surface area (Å²) >= 11 is 0. The fourth-order valence-electron chi connectivity index (χ4n) is 1.03. The van der Waals surface area contributed by atoms with Crippen molar-refractivity contribution in [3.63, 3.8) is 0 Å². The van der Waals surface area contributed by atoms with Crippen LogP contribution in [0.1, 0.15) is 33.1 Å². The Hall–Kier alpha value is -0.570. The first-order chi connectivity index (χ1) is 5.61. The summed E-state index contributed by atoms with van der Waals surface area (Å²) < 4.78 is 0. The highest BCUT2D eigenvalue weighted by Gasteiger charge is 2.15. The zero-order chi connectivity index (χ0) is 9.56. The zero-order valence-corrected chi connectivity index (χ0v) is 7.92. The standard InChI is InChI=1S/C9H19NO2/c1-3-7(2)4-5-8(6-10)9(11)12/h7-8H,3-6,10H2,1-2H3,(H,11,12)/t7?,8-/m1/s1. The van der Waals surface area contributed by atoms with E-state index in [1.807, 2.05) is 0 Å². The largest absolute Gasteiger partial charge is 0.481 e. The van der Waals surface area contributed by atoms with Gasteiger partial charge in [-0.05, 0) is 18.8 Å². The lowest BCUT2D eigenvalue weighted by Crippen LogP contribution is -2.23. The number of nitrogens with two attached hydrogens (primary N) is 1. The molecule has 0 radical (unpaired) electrons. The second-order valence-electron chi connectivity index (χ2n) is 3.36. The third-order valence-electron chi connectivity index (χ3n) is 2.34. The number of rotatable bonds is 6. The monoisotopic (exact) mass is 173 g/mol. The highest BCUT2D eigenvalue weighted by atomic mass is 16.4. The van der Waals surface area contributed by atoms with Crippen molar-refractivity contribution in [2.24, 2.45) is 17.6 Å². The molecule has 2 atom stereocenters. The van der Waals surface area contributed by atoms with E-state index in [0.29, 0.717) is 12.3 Å². The molecule has 0 aliphatic carbocycles. The van der Waals surface area contributed by atoms with Gasteiger partial charge >= 0.3 is 5.97 Å². The fourth-order valence-corrected chi connectivity index (χ4v) is 1.03. The summed E-state index contributed by atoms with van der Waals surface area (Å²) in [6, 6.07) is 0. The van der Waals surface area contributed by atoms with Gasteiger partial charge in [0.2, 0.25) is 0 Å². The molecule has 0 rings (SSSR count). The van der Waals surface area contributed by atoms with Crippen molar-refractivity contribution in [3.05, 3.63) is 0 Å². The fraction of sp³-hybridized carbons (Fsp3) is 0.889. The SMILES string of the molecule is CCC(C)CC[C@H](CN)C(=O)O. The van der Waals surface area contributed by atoms with E-state index in [0.717, 1.165) is 12.8 Å². The summed E-state index contributed by atoms with van der Waals surface area (Å²) in [5, 5.41) is 8.68. The van der Waals surface area contributed by atoms with E-state index >= 15 is 0 Å². The molecular weight excluding hydrogens is 154 g/mol. The molecule has 0 aliphatic rings. The lowest BCUT2D eigenvalue weighted by Gasteiger charge is -2.12. The van der Waals surface area contributed by atoms with E-state index in [1.165, 1.54) is 0 Å². The highest BCUT2D eigenvalue weighted by molar-refractivity contribution is 5.70. The number of carbonyl (C=O) groups is 1. The number of hydrogen-bond donors (Lipinski definition) is 2. The minimum atomic E-state index is -0.763. The van der Waals surface area contributed by atoms with Crippen LogP contribution in [-0.4, -0.2) is 17.6 Å². The molecule has 0 bridgehead atoms. The molecule has 0 aromatic rings. The van der Waals surface area contributed by atoms with Crippen molar-refractivity contribution >= 4 is 5.97 Å². The predicted octanol–water partition coefficient (Wildman–Crippen LogP) is 1.47. The average molecular weight is 173 g/mol. The van der Waals surface area contributed by atoms with E-state index in [2.05, 4.69) is 13.8 Å². The van der Waals surface area contributed by atoms with Gasteiger partial charge in [-0.3, -0.25) is 4.79 Å². The number of aliphatic carboxylic acids is 1. The molecule has 0 aromatic carbocycles. The van der Waals surface area contributed by atoms with Crippen LogP contribution in [0.4, 0.5) is 0 Å². The van der Waals surface area contributed by atoms with Crippen molar-refractivity contribution < 1.29 is 9.90 Å². The molecule has 0 aromatic heterocycles. The highest BCUT2D eigenvalue weighted by Crippen LogP contribution is 2.14. The molecule has 0 spiro atoms. The van der Waals surface area contributed by atoms with Crippen LogP contribution in [0.15, 0.2) is 0 Å². The predicted molar refractivity (Wildman–Crippen MR) is 48.9 cm³/mol. The Morgan fingerprint density at radius 3 is 2.42 bits per heavy atom. The van der Waals surface area contributed by atoms with E-state index in [-0.39, 0.29) is 12.5 Å². The second kappa shape index (κ2) is 6.00. The van der Waals surface area contributed by atoms with Crippen molar-refractivity contribution in [2.45, 2.75) is 33.1 Å². The maximum Gasteiger partial charge on any atom is 0.307 e. The van der Waals surface area contributed by atoms with E-state index in [4.69, 9.17) is 10.8 Å². The van der Waals surface area contributed by atoms with Gasteiger partial charge in [0.1, 0.15) is 0 Å². The maximum atomic E-state index is 10.6. The van der Waals surface area contributed by atoms with Crippen molar-refractivity contribution in [1.82, 2.24) is 0 Å². The maximum absolute atomic E-state index is 10.6. The van der Waals surface area contributed by atoms with Crippen LogP contribution in [0.3, 0.4) is 0 Å². The molecule has 3 heteroatoms. The molecule has 72 valence electrons. The van der Waals surface area contributed by atoms with Gasteiger partial charge in [-0.25, -0.2) is 0 Å². The molecule has 1 unspecified atom stereocenters. The van der Waals surface area contributed by atoms with Gasteiger partial charge in [0.15, 0.2) is 0 Å². The van der Waals surface area contributed by atoms with Gasteiger partial charge in [0.05, 0.1) is 5.92 Å². The summed E-state index contributed by atoms with van der Waals surface area (Å²) in [4.78, 5) is 10.6. The van der Waals surface area contributed by atoms with Crippen LogP contribution >= 0.6 is 0 Å². The minimum Gasteiger partial charge on any atom is -0.481 e. The average Bonchev–Trinajstić information content (AvgIpc) is 2.04. The van der Waals surface area contributed by atoms with Crippen molar-refractivity contribution in [3.8, 4) is 0 Å². The van der Waals surface area contributed by atoms with E-state index in [9.17, 15) is 4.79 Å². The number of hydrogen-bond acceptors (Lipinski definition) is 2. The van der Waals surface area contributed by atoms with Gasteiger partial charge in [-0.15, -0.1) is 0 Å². The Morgan fingerprint density at radius 2 is 2.08 bits per heavy atom. The molecular formula is C9H19NO2. The van der Waals surface area contributed by atoms with Gasteiger partial charge < -0.3 is 10.8 Å². The van der Waals surface area contributed by atoms with E-state index < -0.39 is 5.97 Å². The number of carboxylic acid groups (broad SMARTS) is 1. The summed E-state index contributed by atoms with van der Waals surface area (Å²) in [6.07, 6.45) is 2.78. The molecule has 3 nitrogen and oxygen atoms in total. The third-order valence-corrected chi connectivity index (χ3v) is 2.34. The molecule has 0 saturated carbocycles. The molecule has 0 heterocycles. The first kappa shape index (κ1) is 11.4. The number of carboxylic acids is 1. The Labute approximate surface area is 74.0 Å². The van der Waals surface area contributed by atoms with Crippen LogP contribution in [0.2, 0.25) is 0 Å². The third kappa shape index (κ3) is 4.34. The quantitative estimate of drug-likeness (QED) is 0.639. The van der Waals surface area contributed by atoms with Gasteiger partial charge in [0, 0.05) is 6.54 Å². The normalized spacial score (nSPS) is 15.6. The molecule has 0 fully saturated rings. The Morgan fingerprint density at radius 1 is 1.50 bits per heavy atom.